The summed E-state index contributed by atoms with van der Waals surface area (Å²) in [6.07, 6.45) is 4.18. The molecule has 9 heteroatoms. The van der Waals surface area contributed by atoms with Gasteiger partial charge >= 0.3 is 5.97 Å². The maximum atomic E-state index is 11.8. The first-order chi connectivity index (χ1) is 11.0. The van der Waals surface area contributed by atoms with Gasteiger partial charge in [0.05, 0.1) is 13.0 Å². The van der Waals surface area contributed by atoms with E-state index in [1.54, 1.807) is 0 Å². The van der Waals surface area contributed by atoms with E-state index in [0.717, 1.165) is 12.8 Å². The lowest BCUT2D eigenvalue weighted by atomic mass is 10.1. The first-order valence-corrected chi connectivity index (χ1v) is 9.92. The number of hydrogen-bond acceptors (Lipinski definition) is 6. The van der Waals surface area contributed by atoms with Crippen LogP contribution in [0.2, 0.25) is 0 Å². The van der Waals surface area contributed by atoms with Gasteiger partial charge in [-0.2, -0.15) is 0 Å². The lowest BCUT2D eigenvalue weighted by molar-refractivity contribution is -0.140. The van der Waals surface area contributed by atoms with Crippen LogP contribution in [0.3, 0.4) is 0 Å². The Balaban J connectivity index is 2.28. The fourth-order valence-electron chi connectivity index (χ4n) is 2.14. The Hall–Kier alpha value is -1.22. The Kier molecular flexibility index (Phi) is 9.77. The van der Waals surface area contributed by atoms with Gasteiger partial charge in [0.25, 0.3) is 0 Å². The van der Waals surface area contributed by atoms with Gasteiger partial charge < -0.3 is 20.5 Å². The number of aldehydes is 1. The van der Waals surface area contributed by atoms with Crippen molar-refractivity contribution in [2.24, 2.45) is 0 Å². The van der Waals surface area contributed by atoms with E-state index < -0.39 is 24.3 Å². The SMILES string of the molecule is O=CCNC(=O)C(CC(=O)O)NC(=O)CCCC[C@@H]1CCSS1. The number of rotatable bonds is 11. The van der Waals surface area contributed by atoms with E-state index in [0.29, 0.717) is 18.0 Å². The second-order valence-electron chi connectivity index (χ2n) is 5.20. The highest BCUT2D eigenvalue weighted by Crippen LogP contribution is 2.39. The quantitative estimate of drug-likeness (QED) is 0.285. The highest BCUT2D eigenvalue weighted by atomic mass is 33.1. The normalized spacial score (nSPS) is 18.2. The van der Waals surface area contributed by atoms with Gasteiger partial charge in [0, 0.05) is 17.4 Å². The molecule has 1 unspecified atom stereocenters. The molecule has 0 spiro atoms. The average molecular weight is 362 g/mol. The lowest BCUT2D eigenvalue weighted by Crippen LogP contribution is -2.48. The Morgan fingerprint density at radius 1 is 1.30 bits per heavy atom. The van der Waals surface area contributed by atoms with Crippen LogP contribution in [0, 0.1) is 0 Å². The highest BCUT2D eigenvalue weighted by Gasteiger charge is 2.23. The van der Waals surface area contributed by atoms with Crippen molar-refractivity contribution in [1.82, 2.24) is 10.6 Å². The fraction of sp³-hybridized carbons (Fsp3) is 0.714. The molecule has 0 aliphatic carbocycles. The highest BCUT2D eigenvalue weighted by molar-refractivity contribution is 8.77. The maximum absolute atomic E-state index is 11.8. The number of carboxylic acids is 1. The van der Waals surface area contributed by atoms with Crippen molar-refractivity contribution in [2.45, 2.75) is 49.8 Å². The maximum Gasteiger partial charge on any atom is 0.305 e. The van der Waals surface area contributed by atoms with Crippen molar-refractivity contribution < 1.29 is 24.3 Å². The Labute approximate surface area is 143 Å². The largest absolute Gasteiger partial charge is 0.481 e. The number of carbonyl (C=O) groups excluding carboxylic acids is 3. The van der Waals surface area contributed by atoms with E-state index in [2.05, 4.69) is 10.6 Å². The van der Waals surface area contributed by atoms with Crippen molar-refractivity contribution >= 4 is 45.7 Å². The van der Waals surface area contributed by atoms with Crippen LogP contribution in [0.1, 0.15) is 38.5 Å². The zero-order valence-electron chi connectivity index (χ0n) is 12.8. The topological polar surface area (TPSA) is 113 Å². The molecule has 7 nitrogen and oxygen atoms in total. The molecule has 1 heterocycles. The monoisotopic (exact) mass is 362 g/mol. The molecule has 0 saturated carbocycles. The minimum absolute atomic E-state index is 0.206. The number of nitrogens with one attached hydrogen (secondary N) is 2. The number of amides is 2. The van der Waals surface area contributed by atoms with Crippen molar-refractivity contribution in [3.05, 3.63) is 0 Å². The van der Waals surface area contributed by atoms with Crippen LogP contribution in [0.4, 0.5) is 0 Å². The molecule has 1 aliphatic rings. The van der Waals surface area contributed by atoms with Crippen LogP contribution >= 0.6 is 21.6 Å². The molecule has 2 amide bonds. The van der Waals surface area contributed by atoms with Gasteiger partial charge in [-0.15, -0.1) is 0 Å². The van der Waals surface area contributed by atoms with Gasteiger partial charge in [0.1, 0.15) is 12.3 Å². The molecule has 0 radical (unpaired) electrons. The van der Waals surface area contributed by atoms with Gasteiger partial charge in [-0.05, 0) is 19.3 Å². The molecule has 130 valence electrons. The second kappa shape index (κ2) is 11.3. The minimum atomic E-state index is -1.19. The van der Waals surface area contributed by atoms with Gasteiger partial charge in [0.15, 0.2) is 0 Å². The van der Waals surface area contributed by atoms with E-state index in [4.69, 9.17) is 5.11 Å². The number of unbranched alkanes of at least 4 members (excludes halogenated alkanes) is 1. The summed E-state index contributed by atoms with van der Waals surface area (Å²) in [7, 11) is 3.78. The molecular formula is C14H22N2O5S2. The van der Waals surface area contributed by atoms with E-state index in [1.807, 2.05) is 21.6 Å². The third-order valence-electron chi connectivity index (χ3n) is 3.30. The zero-order chi connectivity index (χ0) is 17.1. The minimum Gasteiger partial charge on any atom is -0.481 e. The summed E-state index contributed by atoms with van der Waals surface area (Å²) in [5, 5.41) is 14.2. The lowest BCUT2D eigenvalue weighted by Gasteiger charge is -2.16. The predicted molar refractivity (Wildman–Crippen MR) is 90.2 cm³/mol. The van der Waals surface area contributed by atoms with E-state index in [1.165, 1.54) is 12.2 Å². The molecule has 1 rings (SSSR count). The van der Waals surface area contributed by atoms with Gasteiger partial charge in [-0.1, -0.05) is 28.0 Å². The predicted octanol–water partition coefficient (Wildman–Crippen LogP) is 0.975. The molecule has 0 aromatic carbocycles. The number of hydrogen-bond donors (Lipinski definition) is 3. The number of aliphatic carboxylic acids is 1. The molecular weight excluding hydrogens is 340 g/mol. The van der Waals surface area contributed by atoms with E-state index >= 15 is 0 Å². The first-order valence-electron chi connectivity index (χ1n) is 7.53. The van der Waals surface area contributed by atoms with Crippen LogP contribution in [0.25, 0.3) is 0 Å². The molecule has 1 saturated heterocycles. The molecule has 3 N–H and O–H groups in total. The summed E-state index contributed by atoms with van der Waals surface area (Å²) in [6, 6.07) is -1.15. The third kappa shape index (κ3) is 8.85. The average Bonchev–Trinajstić information content (AvgIpc) is 3.01. The molecule has 23 heavy (non-hydrogen) atoms. The Morgan fingerprint density at radius 2 is 2.09 bits per heavy atom. The molecule has 2 atom stereocenters. The summed E-state index contributed by atoms with van der Waals surface area (Å²) in [4.78, 5) is 44.6. The van der Waals surface area contributed by atoms with Crippen molar-refractivity contribution in [1.29, 1.82) is 0 Å². The smallest absolute Gasteiger partial charge is 0.305 e. The number of carbonyl (C=O) groups is 4. The van der Waals surface area contributed by atoms with Crippen LogP contribution in [-0.2, 0) is 19.2 Å². The van der Waals surface area contributed by atoms with Crippen LogP contribution in [-0.4, -0.2) is 52.8 Å². The standard InChI is InChI=1S/C14H22N2O5S2/c17-7-6-15-14(21)11(9-13(19)20)16-12(18)4-2-1-3-10-5-8-22-23-10/h7,10-11H,1-6,8-9H2,(H,15,21)(H,16,18)(H,19,20)/t10-,11?/m1/s1. The summed E-state index contributed by atoms with van der Waals surface area (Å²) in [5.74, 6) is -1.01. The van der Waals surface area contributed by atoms with Gasteiger partial charge in [-0.25, -0.2) is 0 Å². The summed E-state index contributed by atoms with van der Waals surface area (Å²) in [6.45, 7) is -0.206. The summed E-state index contributed by atoms with van der Waals surface area (Å²) >= 11 is 0. The van der Waals surface area contributed by atoms with Crippen LogP contribution in [0.5, 0.6) is 0 Å². The first kappa shape index (κ1) is 19.8. The fourth-order valence-corrected chi connectivity index (χ4v) is 5.17. The summed E-state index contributed by atoms with van der Waals surface area (Å²) < 4.78 is 0. The van der Waals surface area contributed by atoms with Crippen molar-refractivity contribution in [2.75, 3.05) is 12.3 Å². The zero-order valence-corrected chi connectivity index (χ0v) is 14.4. The second-order valence-corrected chi connectivity index (χ2v) is 7.99. The number of carboxylic acid groups (broad SMARTS) is 1. The van der Waals surface area contributed by atoms with Crippen LogP contribution < -0.4 is 10.6 Å². The van der Waals surface area contributed by atoms with Crippen LogP contribution in [0.15, 0.2) is 0 Å². The molecule has 0 aromatic heterocycles. The van der Waals surface area contributed by atoms with E-state index in [9.17, 15) is 19.2 Å². The van der Waals surface area contributed by atoms with Gasteiger partial charge in [-0.3, -0.25) is 14.4 Å². The van der Waals surface area contributed by atoms with Crippen molar-refractivity contribution in [3.63, 3.8) is 0 Å². The molecule has 0 bridgehead atoms. The third-order valence-corrected chi connectivity index (χ3v) is 6.30. The molecule has 0 aromatic rings. The van der Waals surface area contributed by atoms with E-state index in [-0.39, 0.29) is 18.9 Å². The molecule has 1 aliphatic heterocycles. The Bertz CT molecular complexity index is 427. The molecule has 1 fully saturated rings. The van der Waals surface area contributed by atoms with Crippen molar-refractivity contribution in [3.8, 4) is 0 Å². The van der Waals surface area contributed by atoms with Gasteiger partial charge in [0.2, 0.25) is 11.8 Å². The Morgan fingerprint density at radius 3 is 2.70 bits per heavy atom. The summed E-state index contributed by atoms with van der Waals surface area (Å²) in [5.41, 5.74) is 0.